The maximum Gasteiger partial charge on any atom is 0.0953 e. The minimum Gasteiger partial charge on any atom is -0.472 e. The summed E-state index contributed by atoms with van der Waals surface area (Å²) in [6.45, 7) is 3.14. The molecule has 1 heterocycles. The van der Waals surface area contributed by atoms with Crippen molar-refractivity contribution in [3.8, 4) is 0 Å². The molecule has 0 spiro atoms. The van der Waals surface area contributed by atoms with Gasteiger partial charge in [0.15, 0.2) is 0 Å². The average molecular weight is 373 g/mol. The van der Waals surface area contributed by atoms with Crippen molar-refractivity contribution in [3.05, 3.63) is 56.9 Å². The molecule has 1 unspecified atom stereocenters. The van der Waals surface area contributed by atoms with Gasteiger partial charge in [0, 0.05) is 14.5 Å². The van der Waals surface area contributed by atoms with Gasteiger partial charge in [0.2, 0.25) is 0 Å². The van der Waals surface area contributed by atoms with Gasteiger partial charge in [-0.2, -0.15) is 0 Å². The van der Waals surface area contributed by atoms with Gasteiger partial charge in [0.1, 0.15) is 0 Å². The van der Waals surface area contributed by atoms with E-state index < -0.39 is 0 Å². The van der Waals surface area contributed by atoms with E-state index in [1.807, 2.05) is 12.1 Å². The summed E-state index contributed by atoms with van der Waals surface area (Å²) in [6, 6.07) is 8.46. The fourth-order valence-electron chi connectivity index (χ4n) is 1.90. The molecular weight excluding hydrogens is 358 g/mol. The molecule has 0 radical (unpaired) electrons. The summed E-state index contributed by atoms with van der Waals surface area (Å²) in [5.74, 6) is 0. The zero-order valence-electron chi connectivity index (χ0n) is 10.1. The van der Waals surface area contributed by atoms with Crippen LogP contribution < -0.4 is 5.32 Å². The number of rotatable bonds is 5. The Kier molecular flexibility index (Phi) is 5.03. The lowest BCUT2D eigenvalue weighted by Crippen LogP contribution is -2.22. The molecule has 96 valence electrons. The second-order valence-electron chi connectivity index (χ2n) is 4.15. The Morgan fingerprint density at radius 1 is 1.17 bits per heavy atom. The topological polar surface area (TPSA) is 25.2 Å². The molecule has 0 aliphatic rings. The highest BCUT2D eigenvalue weighted by atomic mass is 79.9. The van der Waals surface area contributed by atoms with Crippen molar-refractivity contribution in [1.29, 1.82) is 0 Å². The first kappa shape index (κ1) is 13.8. The van der Waals surface area contributed by atoms with Gasteiger partial charge in [0.25, 0.3) is 0 Å². The van der Waals surface area contributed by atoms with E-state index in [1.165, 1.54) is 5.56 Å². The van der Waals surface area contributed by atoms with Gasteiger partial charge in [-0.05, 0) is 42.8 Å². The second-order valence-corrected chi connectivity index (χ2v) is 5.98. The van der Waals surface area contributed by atoms with Crippen molar-refractivity contribution in [2.45, 2.75) is 19.4 Å². The third-order valence-corrected chi connectivity index (χ3v) is 3.61. The number of nitrogens with one attached hydrogen (secondary N) is 1. The molecule has 1 aromatic carbocycles. The standard InChI is InChI=1S/C14H15Br2NO/c1-2-4-17-14(10-3-5-18-9-10)11-6-12(15)8-13(16)7-11/h3,5-9,14,17H,2,4H2,1H3. The molecule has 1 aromatic heterocycles. The molecule has 2 rings (SSSR count). The summed E-state index contributed by atoms with van der Waals surface area (Å²) in [4.78, 5) is 0. The monoisotopic (exact) mass is 371 g/mol. The molecule has 1 N–H and O–H groups in total. The lowest BCUT2D eigenvalue weighted by Gasteiger charge is -2.18. The summed E-state index contributed by atoms with van der Waals surface area (Å²) >= 11 is 7.06. The van der Waals surface area contributed by atoms with Crippen LogP contribution >= 0.6 is 31.9 Å². The van der Waals surface area contributed by atoms with E-state index >= 15 is 0 Å². The highest BCUT2D eigenvalue weighted by Crippen LogP contribution is 2.28. The third-order valence-electron chi connectivity index (χ3n) is 2.69. The molecule has 0 bridgehead atoms. The molecule has 2 nitrogen and oxygen atoms in total. The summed E-state index contributed by atoms with van der Waals surface area (Å²) < 4.78 is 7.33. The van der Waals surface area contributed by atoms with E-state index in [-0.39, 0.29) is 6.04 Å². The molecule has 0 saturated heterocycles. The van der Waals surface area contributed by atoms with Crippen LogP contribution in [0.4, 0.5) is 0 Å². The number of hydrogen-bond donors (Lipinski definition) is 1. The van der Waals surface area contributed by atoms with Crippen LogP contribution in [-0.2, 0) is 0 Å². The van der Waals surface area contributed by atoms with Gasteiger partial charge < -0.3 is 9.73 Å². The highest BCUT2D eigenvalue weighted by Gasteiger charge is 2.15. The van der Waals surface area contributed by atoms with E-state index in [0.717, 1.165) is 27.5 Å². The summed E-state index contributed by atoms with van der Waals surface area (Å²) in [6.07, 6.45) is 4.61. The minimum atomic E-state index is 0.164. The Labute approximate surface area is 124 Å². The smallest absolute Gasteiger partial charge is 0.0953 e. The maximum atomic E-state index is 5.19. The number of halogens is 2. The van der Waals surface area contributed by atoms with Crippen molar-refractivity contribution in [2.75, 3.05) is 6.54 Å². The molecule has 0 aliphatic heterocycles. The zero-order valence-corrected chi connectivity index (χ0v) is 13.3. The Balaban J connectivity index is 2.33. The predicted molar refractivity (Wildman–Crippen MR) is 80.7 cm³/mol. The van der Waals surface area contributed by atoms with E-state index in [4.69, 9.17) is 4.42 Å². The Morgan fingerprint density at radius 3 is 2.44 bits per heavy atom. The van der Waals surface area contributed by atoms with Crippen LogP contribution in [-0.4, -0.2) is 6.54 Å². The molecule has 0 amide bonds. The molecular formula is C14H15Br2NO. The molecule has 0 aliphatic carbocycles. The van der Waals surface area contributed by atoms with Crippen molar-refractivity contribution < 1.29 is 4.42 Å². The van der Waals surface area contributed by atoms with Crippen LogP contribution in [0.25, 0.3) is 0 Å². The van der Waals surface area contributed by atoms with Crippen LogP contribution in [0, 0.1) is 0 Å². The lowest BCUT2D eigenvalue weighted by molar-refractivity contribution is 0.548. The van der Waals surface area contributed by atoms with Crippen molar-refractivity contribution in [1.82, 2.24) is 5.32 Å². The highest BCUT2D eigenvalue weighted by molar-refractivity contribution is 9.11. The lowest BCUT2D eigenvalue weighted by atomic mass is 10.0. The molecule has 0 fully saturated rings. The summed E-state index contributed by atoms with van der Waals surface area (Å²) in [7, 11) is 0. The van der Waals surface area contributed by atoms with Crippen molar-refractivity contribution in [3.63, 3.8) is 0 Å². The van der Waals surface area contributed by atoms with Crippen LogP contribution in [0.1, 0.15) is 30.5 Å². The number of benzene rings is 1. The first-order chi connectivity index (χ1) is 8.70. The van der Waals surface area contributed by atoms with E-state index in [2.05, 4.69) is 56.2 Å². The molecule has 1 atom stereocenters. The minimum absolute atomic E-state index is 0.164. The number of hydrogen-bond acceptors (Lipinski definition) is 2. The second kappa shape index (κ2) is 6.55. The van der Waals surface area contributed by atoms with Gasteiger partial charge in [-0.3, -0.25) is 0 Å². The normalized spacial score (nSPS) is 12.6. The van der Waals surface area contributed by atoms with Gasteiger partial charge in [-0.1, -0.05) is 38.8 Å². The van der Waals surface area contributed by atoms with Crippen molar-refractivity contribution >= 4 is 31.9 Å². The third kappa shape index (κ3) is 3.46. The Morgan fingerprint density at radius 2 is 1.89 bits per heavy atom. The van der Waals surface area contributed by atoms with Crippen LogP contribution in [0.3, 0.4) is 0 Å². The van der Waals surface area contributed by atoms with Crippen molar-refractivity contribution in [2.24, 2.45) is 0 Å². The van der Waals surface area contributed by atoms with E-state index in [0.29, 0.717) is 0 Å². The Bertz CT molecular complexity index is 476. The summed E-state index contributed by atoms with van der Waals surface area (Å²) in [5, 5.41) is 3.54. The van der Waals surface area contributed by atoms with Crippen LogP contribution in [0.2, 0.25) is 0 Å². The number of furan rings is 1. The van der Waals surface area contributed by atoms with Crippen LogP contribution in [0.15, 0.2) is 50.2 Å². The molecule has 0 saturated carbocycles. The molecule has 4 heteroatoms. The molecule has 18 heavy (non-hydrogen) atoms. The van der Waals surface area contributed by atoms with Crippen LogP contribution in [0.5, 0.6) is 0 Å². The van der Waals surface area contributed by atoms with Gasteiger partial charge in [0.05, 0.1) is 18.6 Å². The summed E-state index contributed by atoms with van der Waals surface area (Å²) in [5.41, 5.74) is 2.36. The maximum absolute atomic E-state index is 5.19. The fraction of sp³-hybridized carbons (Fsp3) is 0.286. The quantitative estimate of drug-likeness (QED) is 0.807. The average Bonchev–Trinajstić information content (AvgIpc) is 2.82. The zero-order chi connectivity index (χ0) is 13.0. The van der Waals surface area contributed by atoms with Gasteiger partial charge >= 0.3 is 0 Å². The van der Waals surface area contributed by atoms with E-state index in [9.17, 15) is 0 Å². The largest absolute Gasteiger partial charge is 0.472 e. The molecule has 2 aromatic rings. The van der Waals surface area contributed by atoms with Gasteiger partial charge in [-0.15, -0.1) is 0 Å². The fourth-order valence-corrected chi connectivity index (χ4v) is 3.23. The van der Waals surface area contributed by atoms with E-state index in [1.54, 1.807) is 12.5 Å². The first-order valence-corrected chi connectivity index (χ1v) is 7.50. The Hall–Kier alpha value is -0.580. The SMILES string of the molecule is CCCNC(c1ccoc1)c1cc(Br)cc(Br)c1. The first-order valence-electron chi connectivity index (χ1n) is 5.92. The predicted octanol–water partition coefficient (Wildman–Crippen LogP) is 4.89. The van der Waals surface area contributed by atoms with Gasteiger partial charge in [-0.25, -0.2) is 0 Å².